The van der Waals surface area contributed by atoms with E-state index in [1.807, 2.05) is 0 Å². The van der Waals surface area contributed by atoms with E-state index in [1.54, 1.807) is 0 Å². The van der Waals surface area contributed by atoms with E-state index >= 15 is 0 Å². The Hall–Kier alpha value is -1.42. The summed E-state index contributed by atoms with van der Waals surface area (Å²) in [5.41, 5.74) is 5.63. The zero-order valence-corrected chi connectivity index (χ0v) is 7.63. The predicted molar refractivity (Wildman–Crippen MR) is 48.9 cm³/mol. The van der Waals surface area contributed by atoms with Gasteiger partial charge in [0.25, 0.3) is 0 Å². The van der Waals surface area contributed by atoms with Crippen molar-refractivity contribution in [2.45, 2.75) is 0 Å². The number of phenols is 1. The van der Waals surface area contributed by atoms with Crippen molar-refractivity contribution in [3.05, 3.63) is 22.7 Å². The average Bonchev–Trinajstić information content (AvgIpc) is 2.12. The summed E-state index contributed by atoms with van der Waals surface area (Å²) in [6, 6.07) is 2.59. The van der Waals surface area contributed by atoms with Crippen LogP contribution in [-0.2, 0) is 4.74 Å². The highest BCUT2D eigenvalue weighted by atomic mass is 35.5. The fourth-order valence-corrected chi connectivity index (χ4v) is 1.08. The van der Waals surface area contributed by atoms with Crippen LogP contribution in [0.15, 0.2) is 12.1 Å². The molecule has 1 rings (SSSR count). The first-order valence-corrected chi connectivity index (χ1v) is 3.80. The quantitative estimate of drug-likeness (QED) is 0.409. The van der Waals surface area contributed by atoms with Gasteiger partial charge in [-0.25, -0.2) is 4.79 Å². The Kier molecular flexibility index (Phi) is 2.63. The standard InChI is InChI=1S/C8H8ClNO3/c1-13-8(12)4-2-5(9)7(11)6(10)3-4/h2-3,11H,10H2,1H3. The molecule has 4 nitrogen and oxygen atoms in total. The number of anilines is 1. The Morgan fingerprint density at radius 1 is 1.62 bits per heavy atom. The maximum absolute atomic E-state index is 11.0. The van der Waals surface area contributed by atoms with E-state index in [4.69, 9.17) is 17.3 Å². The van der Waals surface area contributed by atoms with Gasteiger partial charge in [-0.1, -0.05) is 11.6 Å². The molecule has 0 saturated heterocycles. The second kappa shape index (κ2) is 3.53. The lowest BCUT2D eigenvalue weighted by molar-refractivity contribution is 0.0601. The van der Waals surface area contributed by atoms with Crippen LogP contribution in [0.2, 0.25) is 5.02 Å². The van der Waals surface area contributed by atoms with Crippen molar-refractivity contribution < 1.29 is 14.6 Å². The molecule has 0 spiro atoms. The lowest BCUT2D eigenvalue weighted by atomic mass is 10.2. The molecular formula is C8H8ClNO3. The summed E-state index contributed by atoms with van der Waals surface area (Å²) in [7, 11) is 1.25. The number of nitrogen functional groups attached to an aromatic ring is 1. The number of hydrogen-bond acceptors (Lipinski definition) is 4. The summed E-state index contributed by atoms with van der Waals surface area (Å²) in [6.07, 6.45) is 0. The molecule has 0 aliphatic rings. The maximum Gasteiger partial charge on any atom is 0.337 e. The number of nitrogens with two attached hydrogens (primary N) is 1. The summed E-state index contributed by atoms with van der Waals surface area (Å²) in [5, 5.41) is 9.20. The van der Waals surface area contributed by atoms with Crippen LogP contribution < -0.4 is 5.73 Å². The molecule has 70 valence electrons. The summed E-state index contributed by atoms with van der Waals surface area (Å²) >= 11 is 5.58. The van der Waals surface area contributed by atoms with Gasteiger partial charge in [0.15, 0.2) is 5.75 Å². The number of halogens is 1. The van der Waals surface area contributed by atoms with Gasteiger partial charge in [0.1, 0.15) is 0 Å². The van der Waals surface area contributed by atoms with Crippen molar-refractivity contribution in [2.24, 2.45) is 0 Å². The number of carbonyl (C=O) groups excluding carboxylic acids is 1. The van der Waals surface area contributed by atoms with Gasteiger partial charge < -0.3 is 15.6 Å². The Labute approximate surface area is 79.9 Å². The lowest BCUT2D eigenvalue weighted by Crippen LogP contribution is -2.02. The first kappa shape index (κ1) is 9.67. The van der Waals surface area contributed by atoms with Crippen molar-refractivity contribution in [3.63, 3.8) is 0 Å². The molecule has 0 bridgehead atoms. The molecule has 1 aromatic rings. The smallest absolute Gasteiger partial charge is 0.337 e. The molecule has 13 heavy (non-hydrogen) atoms. The number of aromatic hydroxyl groups is 1. The van der Waals surface area contributed by atoms with E-state index in [-0.39, 0.29) is 22.0 Å². The predicted octanol–water partition coefficient (Wildman–Crippen LogP) is 1.41. The van der Waals surface area contributed by atoms with E-state index in [0.717, 1.165) is 0 Å². The van der Waals surface area contributed by atoms with Crippen molar-refractivity contribution in [3.8, 4) is 5.75 Å². The van der Waals surface area contributed by atoms with Crippen LogP contribution in [0.25, 0.3) is 0 Å². The molecule has 0 heterocycles. The van der Waals surface area contributed by atoms with Gasteiger partial charge in [-0.05, 0) is 12.1 Å². The molecule has 0 aromatic heterocycles. The molecule has 3 N–H and O–H groups in total. The first-order chi connectivity index (χ1) is 6.06. The van der Waals surface area contributed by atoms with Crippen LogP contribution in [0.3, 0.4) is 0 Å². The molecule has 5 heteroatoms. The van der Waals surface area contributed by atoms with E-state index in [1.165, 1.54) is 19.2 Å². The number of phenolic OH excluding ortho intramolecular Hbond substituents is 1. The Morgan fingerprint density at radius 2 is 2.23 bits per heavy atom. The Balaban J connectivity index is 3.20. The minimum absolute atomic E-state index is 0.0281. The van der Waals surface area contributed by atoms with Crippen LogP contribution in [0.5, 0.6) is 5.75 Å². The highest BCUT2D eigenvalue weighted by molar-refractivity contribution is 6.32. The minimum Gasteiger partial charge on any atom is -0.504 e. The van der Waals surface area contributed by atoms with Crippen molar-refractivity contribution >= 4 is 23.3 Å². The van der Waals surface area contributed by atoms with Crippen molar-refractivity contribution in [2.75, 3.05) is 12.8 Å². The molecule has 0 amide bonds. The van der Waals surface area contributed by atoms with E-state index in [0.29, 0.717) is 0 Å². The Morgan fingerprint density at radius 3 is 2.69 bits per heavy atom. The molecular weight excluding hydrogens is 194 g/mol. The van der Waals surface area contributed by atoms with Crippen molar-refractivity contribution in [1.29, 1.82) is 0 Å². The maximum atomic E-state index is 11.0. The number of methoxy groups -OCH3 is 1. The fourth-order valence-electron chi connectivity index (χ4n) is 0.856. The van der Waals surface area contributed by atoms with Crippen LogP contribution in [0, 0.1) is 0 Å². The van der Waals surface area contributed by atoms with Gasteiger partial charge in [0, 0.05) is 0 Å². The summed E-state index contributed by atoms with van der Waals surface area (Å²) < 4.78 is 4.45. The summed E-state index contributed by atoms with van der Waals surface area (Å²) in [4.78, 5) is 11.0. The number of rotatable bonds is 1. The van der Waals surface area contributed by atoms with Gasteiger partial charge in [-0.3, -0.25) is 0 Å². The summed E-state index contributed by atoms with van der Waals surface area (Å²) in [6.45, 7) is 0. The number of benzene rings is 1. The third-order valence-corrected chi connectivity index (χ3v) is 1.80. The van der Waals surface area contributed by atoms with Gasteiger partial charge in [-0.2, -0.15) is 0 Å². The lowest BCUT2D eigenvalue weighted by Gasteiger charge is -2.04. The number of hydrogen-bond donors (Lipinski definition) is 2. The number of ether oxygens (including phenoxy) is 1. The number of carbonyl (C=O) groups is 1. The van der Waals surface area contributed by atoms with Crippen LogP contribution in [0.4, 0.5) is 5.69 Å². The average molecular weight is 202 g/mol. The molecule has 0 saturated carbocycles. The van der Waals surface area contributed by atoms with Gasteiger partial charge in [-0.15, -0.1) is 0 Å². The van der Waals surface area contributed by atoms with Gasteiger partial charge >= 0.3 is 5.97 Å². The van der Waals surface area contributed by atoms with Gasteiger partial charge in [0.05, 0.1) is 23.4 Å². The van der Waals surface area contributed by atoms with Crippen molar-refractivity contribution in [1.82, 2.24) is 0 Å². The molecule has 1 aromatic carbocycles. The molecule has 0 aliphatic carbocycles. The van der Waals surface area contributed by atoms with Crippen LogP contribution in [-0.4, -0.2) is 18.2 Å². The SMILES string of the molecule is COC(=O)c1cc(N)c(O)c(Cl)c1. The second-order valence-electron chi connectivity index (χ2n) is 2.39. The first-order valence-electron chi connectivity index (χ1n) is 3.42. The zero-order valence-electron chi connectivity index (χ0n) is 6.87. The molecule has 0 atom stereocenters. The molecule has 0 radical (unpaired) electrons. The third kappa shape index (κ3) is 1.84. The van der Waals surface area contributed by atoms with E-state index in [9.17, 15) is 9.90 Å². The molecule has 0 fully saturated rings. The largest absolute Gasteiger partial charge is 0.504 e. The minimum atomic E-state index is -0.548. The Bertz CT molecular complexity index is 328. The topological polar surface area (TPSA) is 72.5 Å². The van der Waals surface area contributed by atoms with Crippen LogP contribution >= 0.6 is 11.6 Å². The monoisotopic (exact) mass is 201 g/mol. The summed E-state index contributed by atoms with van der Waals surface area (Å²) in [5.74, 6) is -0.775. The highest BCUT2D eigenvalue weighted by Gasteiger charge is 2.11. The third-order valence-electron chi connectivity index (χ3n) is 1.51. The van der Waals surface area contributed by atoms with E-state index < -0.39 is 5.97 Å². The van der Waals surface area contributed by atoms with Gasteiger partial charge in [0.2, 0.25) is 0 Å². The zero-order chi connectivity index (χ0) is 10.0. The van der Waals surface area contributed by atoms with Crippen LogP contribution in [0.1, 0.15) is 10.4 Å². The normalized spacial score (nSPS) is 9.69. The fraction of sp³-hybridized carbons (Fsp3) is 0.125. The van der Waals surface area contributed by atoms with E-state index in [2.05, 4.69) is 4.74 Å². The second-order valence-corrected chi connectivity index (χ2v) is 2.79. The molecule has 0 unspecified atom stereocenters. The highest BCUT2D eigenvalue weighted by Crippen LogP contribution is 2.30. The number of esters is 1. The molecule has 0 aliphatic heterocycles.